The molecule has 0 amide bonds. The minimum Gasteiger partial charge on any atom is -0.478 e. The Kier molecular flexibility index (Phi) is 4.27. The Morgan fingerprint density at radius 3 is 2.40 bits per heavy atom. The second-order valence-corrected chi connectivity index (χ2v) is 5.69. The third-order valence-corrected chi connectivity index (χ3v) is 3.98. The van der Waals surface area contributed by atoms with Crippen LogP contribution in [0.25, 0.3) is 0 Å². The monoisotopic (exact) mass is 351 g/mol. The van der Waals surface area contributed by atoms with E-state index < -0.39 is 18.1 Å². The quantitative estimate of drug-likeness (QED) is 0.877. The van der Waals surface area contributed by atoms with Crippen molar-refractivity contribution in [1.29, 1.82) is 0 Å². The van der Waals surface area contributed by atoms with Crippen LogP contribution in [0.1, 0.15) is 23.2 Å². The lowest BCUT2D eigenvalue weighted by Crippen LogP contribution is -2.39. The molecule has 0 saturated carbocycles. The summed E-state index contributed by atoms with van der Waals surface area (Å²) in [5, 5.41) is 9.17. The first kappa shape index (κ1) is 15.2. The minimum atomic E-state index is -4.17. The molecule has 3 nitrogen and oxygen atoms in total. The first-order valence-corrected chi connectivity index (χ1v) is 6.93. The number of carboxylic acid groups (broad SMARTS) is 1. The van der Waals surface area contributed by atoms with Crippen LogP contribution in [-0.4, -0.2) is 30.3 Å². The van der Waals surface area contributed by atoms with Gasteiger partial charge in [0.05, 0.1) is 17.2 Å². The van der Waals surface area contributed by atoms with Gasteiger partial charge in [-0.2, -0.15) is 13.2 Å². The van der Waals surface area contributed by atoms with Crippen LogP contribution in [0.5, 0.6) is 0 Å². The molecule has 1 aromatic rings. The molecule has 1 N–H and O–H groups in total. The zero-order valence-corrected chi connectivity index (χ0v) is 12.0. The van der Waals surface area contributed by atoms with Crippen LogP contribution in [0, 0.1) is 5.92 Å². The highest BCUT2D eigenvalue weighted by Gasteiger charge is 2.41. The van der Waals surface area contributed by atoms with Gasteiger partial charge >= 0.3 is 12.1 Å². The van der Waals surface area contributed by atoms with Gasteiger partial charge in [-0.05, 0) is 31.0 Å². The van der Waals surface area contributed by atoms with Gasteiger partial charge in [-0.1, -0.05) is 15.9 Å². The van der Waals surface area contributed by atoms with Gasteiger partial charge in [-0.25, -0.2) is 4.79 Å². The van der Waals surface area contributed by atoms with Gasteiger partial charge in [0.15, 0.2) is 0 Å². The zero-order chi connectivity index (χ0) is 14.9. The average molecular weight is 352 g/mol. The predicted octanol–water partition coefficient (Wildman–Crippen LogP) is 3.93. The Bertz CT molecular complexity index is 511. The maximum Gasteiger partial charge on any atom is 0.391 e. The molecular formula is C13H13BrF3NO2. The van der Waals surface area contributed by atoms with Crippen molar-refractivity contribution < 1.29 is 23.1 Å². The topological polar surface area (TPSA) is 40.5 Å². The lowest BCUT2D eigenvalue weighted by molar-refractivity contribution is -0.179. The Labute approximate surface area is 122 Å². The Morgan fingerprint density at radius 1 is 1.30 bits per heavy atom. The van der Waals surface area contributed by atoms with Crippen molar-refractivity contribution in [3.63, 3.8) is 0 Å². The first-order chi connectivity index (χ1) is 9.29. The van der Waals surface area contributed by atoms with E-state index in [2.05, 4.69) is 15.9 Å². The van der Waals surface area contributed by atoms with Crippen molar-refractivity contribution in [3.8, 4) is 0 Å². The normalized spacial score (nSPS) is 17.3. The second kappa shape index (κ2) is 5.63. The fourth-order valence-electron chi connectivity index (χ4n) is 2.40. The molecule has 0 atom stereocenters. The Balaban J connectivity index is 2.17. The number of hydrogen-bond acceptors (Lipinski definition) is 2. The Hall–Kier alpha value is -1.24. The summed E-state index contributed by atoms with van der Waals surface area (Å²) in [6.07, 6.45) is -4.17. The summed E-state index contributed by atoms with van der Waals surface area (Å²) < 4.78 is 38.5. The van der Waals surface area contributed by atoms with Crippen LogP contribution in [0.4, 0.5) is 18.9 Å². The Morgan fingerprint density at radius 2 is 1.90 bits per heavy atom. The van der Waals surface area contributed by atoms with E-state index in [0.717, 1.165) is 0 Å². The molecule has 1 fully saturated rings. The number of carbonyl (C=O) groups is 1. The highest BCUT2D eigenvalue weighted by atomic mass is 79.9. The third-order valence-electron chi connectivity index (χ3n) is 3.49. The number of benzene rings is 1. The van der Waals surface area contributed by atoms with Crippen molar-refractivity contribution in [3.05, 3.63) is 28.2 Å². The lowest BCUT2D eigenvalue weighted by atomic mass is 9.95. The molecule has 20 heavy (non-hydrogen) atoms. The van der Waals surface area contributed by atoms with Crippen LogP contribution in [0.3, 0.4) is 0 Å². The number of nitrogens with zero attached hydrogens (tertiary/aromatic N) is 1. The van der Waals surface area contributed by atoms with Crippen LogP contribution in [-0.2, 0) is 0 Å². The van der Waals surface area contributed by atoms with E-state index in [1.54, 1.807) is 17.0 Å². The molecule has 7 heteroatoms. The van der Waals surface area contributed by atoms with Gasteiger partial charge in [0, 0.05) is 17.6 Å². The van der Waals surface area contributed by atoms with E-state index in [9.17, 15) is 23.1 Å². The molecule has 0 spiro atoms. The fourth-order valence-corrected chi connectivity index (χ4v) is 2.76. The molecule has 0 aromatic heterocycles. The molecular weight excluding hydrogens is 339 g/mol. The van der Waals surface area contributed by atoms with Crippen LogP contribution in [0.2, 0.25) is 0 Å². The highest BCUT2D eigenvalue weighted by Crippen LogP contribution is 2.36. The molecule has 0 bridgehead atoms. The standard InChI is InChI=1S/C13H13BrF3NO2/c14-9-1-2-11(10(7-9)12(19)20)18-5-3-8(4-6-18)13(15,16)17/h1-2,7-8H,3-6H2,(H,19,20). The van der Waals surface area contributed by atoms with Crippen LogP contribution >= 0.6 is 15.9 Å². The van der Waals surface area contributed by atoms with Gasteiger partial charge in [0.1, 0.15) is 0 Å². The van der Waals surface area contributed by atoms with Crippen molar-refractivity contribution >= 4 is 27.6 Å². The predicted molar refractivity (Wildman–Crippen MR) is 72.1 cm³/mol. The van der Waals surface area contributed by atoms with E-state index >= 15 is 0 Å². The van der Waals surface area contributed by atoms with Gasteiger partial charge < -0.3 is 10.0 Å². The number of halogens is 4. The molecule has 2 rings (SSSR count). The van der Waals surface area contributed by atoms with Gasteiger partial charge in [-0.15, -0.1) is 0 Å². The molecule has 0 radical (unpaired) electrons. The number of carboxylic acids is 1. The smallest absolute Gasteiger partial charge is 0.391 e. The molecule has 0 aliphatic carbocycles. The molecule has 1 aliphatic heterocycles. The molecule has 1 aromatic carbocycles. The summed E-state index contributed by atoms with van der Waals surface area (Å²) in [6, 6.07) is 4.78. The summed E-state index contributed by atoms with van der Waals surface area (Å²) in [5.74, 6) is -2.37. The van der Waals surface area contributed by atoms with E-state index in [-0.39, 0.29) is 31.5 Å². The van der Waals surface area contributed by atoms with Crippen LogP contribution in [0.15, 0.2) is 22.7 Å². The largest absolute Gasteiger partial charge is 0.478 e. The lowest BCUT2D eigenvalue weighted by Gasteiger charge is -2.35. The third kappa shape index (κ3) is 3.26. The van der Waals surface area contributed by atoms with Crippen molar-refractivity contribution in [2.24, 2.45) is 5.92 Å². The first-order valence-electron chi connectivity index (χ1n) is 6.13. The maximum absolute atomic E-state index is 12.6. The summed E-state index contributed by atoms with van der Waals surface area (Å²) in [6.45, 7) is 0.429. The number of alkyl halides is 3. The molecule has 0 unspecified atom stereocenters. The minimum absolute atomic E-state index is 0.00137. The molecule has 1 saturated heterocycles. The van der Waals surface area contributed by atoms with Gasteiger partial charge in [0.2, 0.25) is 0 Å². The average Bonchev–Trinajstić information content (AvgIpc) is 2.37. The number of anilines is 1. The van der Waals surface area contributed by atoms with E-state index in [1.165, 1.54) is 6.07 Å². The zero-order valence-electron chi connectivity index (χ0n) is 10.5. The van der Waals surface area contributed by atoms with Crippen molar-refractivity contribution in [1.82, 2.24) is 0 Å². The molecule has 110 valence electrons. The summed E-state index contributed by atoms with van der Waals surface area (Å²) in [4.78, 5) is 12.9. The van der Waals surface area contributed by atoms with Crippen LogP contribution < -0.4 is 4.90 Å². The SMILES string of the molecule is O=C(O)c1cc(Br)ccc1N1CCC(C(F)(F)F)CC1. The molecule has 1 heterocycles. The maximum atomic E-state index is 12.6. The van der Waals surface area contributed by atoms with Gasteiger partial charge in [0.25, 0.3) is 0 Å². The van der Waals surface area contributed by atoms with E-state index in [1.807, 2.05) is 0 Å². The second-order valence-electron chi connectivity index (χ2n) is 4.77. The van der Waals surface area contributed by atoms with Crippen molar-refractivity contribution in [2.75, 3.05) is 18.0 Å². The van der Waals surface area contributed by atoms with E-state index in [0.29, 0.717) is 10.2 Å². The fraction of sp³-hybridized carbons (Fsp3) is 0.462. The number of aromatic carboxylic acids is 1. The molecule has 1 aliphatic rings. The summed E-state index contributed by atoms with van der Waals surface area (Å²) in [5.41, 5.74) is 0.575. The number of hydrogen-bond donors (Lipinski definition) is 1. The number of piperidine rings is 1. The summed E-state index contributed by atoms with van der Waals surface area (Å²) in [7, 11) is 0. The highest BCUT2D eigenvalue weighted by molar-refractivity contribution is 9.10. The van der Waals surface area contributed by atoms with E-state index in [4.69, 9.17) is 0 Å². The van der Waals surface area contributed by atoms with Crippen molar-refractivity contribution in [2.45, 2.75) is 19.0 Å². The number of rotatable bonds is 2. The van der Waals surface area contributed by atoms with Gasteiger partial charge in [-0.3, -0.25) is 0 Å². The summed E-state index contributed by atoms with van der Waals surface area (Å²) >= 11 is 3.19.